The van der Waals surface area contributed by atoms with Crippen molar-refractivity contribution in [3.63, 3.8) is 0 Å². The van der Waals surface area contributed by atoms with Crippen molar-refractivity contribution in [1.82, 2.24) is 14.5 Å². The predicted molar refractivity (Wildman–Crippen MR) is 124 cm³/mol. The summed E-state index contributed by atoms with van der Waals surface area (Å²) in [5, 5.41) is 1.72. The molecule has 6 heteroatoms. The Hall–Kier alpha value is -2.05. The van der Waals surface area contributed by atoms with E-state index in [1.54, 1.807) is 0 Å². The minimum absolute atomic E-state index is 0.0325. The van der Waals surface area contributed by atoms with Crippen LogP contribution in [0.3, 0.4) is 0 Å². The molecule has 0 unspecified atom stereocenters. The Morgan fingerprint density at radius 1 is 1.10 bits per heavy atom. The molecule has 0 radical (unpaired) electrons. The fourth-order valence-corrected chi connectivity index (χ4v) is 5.89. The Morgan fingerprint density at radius 2 is 1.90 bits per heavy atom. The van der Waals surface area contributed by atoms with Gasteiger partial charge in [-0.1, -0.05) is 40.7 Å². The lowest BCUT2D eigenvalue weighted by Crippen LogP contribution is -2.28. The van der Waals surface area contributed by atoms with E-state index in [-0.39, 0.29) is 12.1 Å². The van der Waals surface area contributed by atoms with Crippen molar-refractivity contribution in [3.8, 4) is 5.69 Å². The number of hydrogen-bond acceptors (Lipinski definition) is 4. The lowest BCUT2D eigenvalue weighted by molar-refractivity contribution is 0.320. The van der Waals surface area contributed by atoms with Gasteiger partial charge in [-0.05, 0) is 61.9 Å². The summed E-state index contributed by atoms with van der Waals surface area (Å²) in [6, 6.07) is 17.2. The molecule has 0 amide bonds. The lowest BCUT2D eigenvalue weighted by atomic mass is 9.96. The SMILES string of the molecule is Cc1cc([C@@H]2[C@@H](c3ccccn3)N=C3S[C@@H](C)CN32)c(C)n1-c1ccc(Br)cc1. The molecule has 3 aromatic rings. The van der Waals surface area contributed by atoms with Crippen LogP contribution in [0.1, 0.15) is 41.7 Å². The number of rotatable bonds is 3. The van der Waals surface area contributed by atoms with Gasteiger partial charge in [0.05, 0.1) is 11.7 Å². The first kappa shape index (κ1) is 18.9. The van der Waals surface area contributed by atoms with E-state index in [4.69, 9.17) is 4.99 Å². The van der Waals surface area contributed by atoms with Crippen LogP contribution < -0.4 is 0 Å². The molecule has 2 aliphatic heterocycles. The third-order valence-electron chi connectivity index (χ3n) is 5.76. The predicted octanol–water partition coefficient (Wildman–Crippen LogP) is 5.84. The van der Waals surface area contributed by atoms with E-state index in [9.17, 15) is 0 Å². The van der Waals surface area contributed by atoms with Gasteiger partial charge in [0.1, 0.15) is 6.04 Å². The molecule has 3 atom stereocenters. The van der Waals surface area contributed by atoms with Gasteiger partial charge in [-0.15, -0.1) is 0 Å². The molecule has 2 aliphatic rings. The van der Waals surface area contributed by atoms with Gasteiger partial charge in [0, 0.05) is 39.5 Å². The molecule has 1 saturated heterocycles. The summed E-state index contributed by atoms with van der Waals surface area (Å²) < 4.78 is 3.44. The maximum atomic E-state index is 5.12. The van der Waals surface area contributed by atoms with Crippen molar-refractivity contribution in [2.45, 2.75) is 38.1 Å². The van der Waals surface area contributed by atoms with Gasteiger partial charge in [-0.2, -0.15) is 0 Å². The molecule has 4 heterocycles. The number of aryl methyl sites for hydroxylation is 1. The zero-order chi connectivity index (χ0) is 20.1. The highest BCUT2D eigenvalue weighted by molar-refractivity contribution is 9.10. The zero-order valence-electron chi connectivity index (χ0n) is 16.7. The van der Waals surface area contributed by atoms with Crippen LogP contribution >= 0.6 is 27.7 Å². The van der Waals surface area contributed by atoms with E-state index in [0.717, 1.165) is 21.9 Å². The lowest BCUT2D eigenvalue weighted by Gasteiger charge is -2.27. The van der Waals surface area contributed by atoms with Gasteiger partial charge in [-0.3, -0.25) is 9.98 Å². The van der Waals surface area contributed by atoms with Gasteiger partial charge >= 0.3 is 0 Å². The standard InChI is InChI=1S/C23H23BrN4S/c1-14-12-19(16(3)28(14)18-9-7-17(24)8-10-18)22-21(20-6-4-5-11-25-20)26-23-27(22)13-15(2)29-23/h4-12,15,21-22H,13H2,1-3H3/t15-,21+,22+/m0/s1. The van der Waals surface area contributed by atoms with Gasteiger partial charge in [0.2, 0.25) is 0 Å². The van der Waals surface area contributed by atoms with E-state index in [2.05, 4.69) is 93.6 Å². The van der Waals surface area contributed by atoms with Crippen molar-refractivity contribution >= 4 is 32.9 Å². The number of amidine groups is 1. The van der Waals surface area contributed by atoms with Gasteiger partial charge in [-0.25, -0.2) is 0 Å². The number of hydrogen-bond donors (Lipinski definition) is 0. The number of aromatic nitrogens is 2. The van der Waals surface area contributed by atoms with Crippen molar-refractivity contribution in [2.24, 2.45) is 4.99 Å². The van der Waals surface area contributed by atoms with Crippen molar-refractivity contribution in [2.75, 3.05) is 6.54 Å². The van der Waals surface area contributed by atoms with Crippen LogP contribution in [0.25, 0.3) is 5.69 Å². The van der Waals surface area contributed by atoms with Crippen LogP contribution in [0.5, 0.6) is 0 Å². The first-order chi connectivity index (χ1) is 14.0. The Morgan fingerprint density at radius 3 is 2.62 bits per heavy atom. The van der Waals surface area contributed by atoms with Crippen LogP contribution in [0.4, 0.5) is 0 Å². The fraction of sp³-hybridized carbons (Fsp3) is 0.304. The molecule has 5 rings (SSSR count). The van der Waals surface area contributed by atoms with E-state index < -0.39 is 0 Å². The fourth-order valence-electron chi connectivity index (χ4n) is 4.53. The molecular formula is C23H23BrN4S. The molecule has 1 aromatic carbocycles. The van der Waals surface area contributed by atoms with Crippen molar-refractivity contribution in [3.05, 3.63) is 81.8 Å². The Bertz CT molecular complexity index is 1070. The first-order valence-electron chi connectivity index (χ1n) is 9.89. The monoisotopic (exact) mass is 466 g/mol. The molecule has 148 valence electrons. The highest BCUT2D eigenvalue weighted by atomic mass is 79.9. The largest absolute Gasteiger partial charge is 0.341 e. The number of aliphatic imine (C=N–C) groups is 1. The zero-order valence-corrected chi connectivity index (χ0v) is 19.1. The molecule has 29 heavy (non-hydrogen) atoms. The second-order valence-electron chi connectivity index (χ2n) is 7.78. The topological polar surface area (TPSA) is 33.4 Å². The highest BCUT2D eigenvalue weighted by Crippen LogP contribution is 2.48. The summed E-state index contributed by atoms with van der Waals surface area (Å²) in [6.45, 7) is 7.72. The summed E-state index contributed by atoms with van der Waals surface area (Å²) >= 11 is 5.43. The van der Waals surface area contributed by atoms with Gasteiger partial charge in [0.15, 0.2) is 5.17 Å². The quantitative estimate of drug-likeness (QED) is 0.485. The smallest absolute Gasteiger partial charge is 0.160 e. The molecule has 0 N–H and O–H groups in total. The van der Waals surface area contributed by atoms with Crippen LogP contribution in [0.2, 0.25) is 0 Å². The van der Waals surface area contributed by atoms with Crippen LogP contribution in [0, 0.1) is 13.8 Å². The Balaban J connectivity index is 1.62. The van der Waals surface area contributed by atoms with Crippen molar-refractivity contribution < 1.29 is 0 Å². The minimum atomic E-state index is 0.0325. The van der Waals surface area contributed by atoms with Gasteiger partial charge in [0.25, 0.3) is 0 Å². The first-order valence-corrected chi connectivity index (χ1v) is 11.6. The van der Waals surface area contributed by atoms with E-state index in [1.165, 1.54) is 22.6 Å². The molecule has 2 aromatic heterocycles. The Labute approximate surface area is 184 Å². The van der Waals surface area contributed by atoms with Crippen molar-refractivity contribution in [1.29, 1.82) is 0 Å². The molecule has 0 spiro atoms. The summed E-state index contributed by atoms with van der Waals surface area (Å²) in [5.74, 6) is 0. The van der Waals surface area contributed by atoms with Crippen LogP contribution in [-0.2, 0) is 0 Å². The average molecular weight is 467 g/mol. The molecule has 0 bridgehead atoms. The second-order valence-corrected chi connectivity index (χ2v) is 10.1. The number of pyridine rings is 1. The average Bonchev–Trinajstić information content (AvgIpc) is 3.33. The number of fused-ring (bicyclic) bond motifs is 1. The summed E-state index contributed by atoms with van der Waals surface area (Å²) in [6.07, 6.45) is 1.87. The number of benzene rings is 1. The minimum Gasteiger partial charge on any atom is -0.341 e. The van der Waals surface area contributed by atoms with Gasteiger partial charge < -0.3 is 9.47 Å². The normalized spacial score (nSPS) is 23.4. The van der Waals surface area contributed by atoms with E-state index in [1.807, 2.05) is 24.0 Å². The molecular weight excluding hydrogens is 444 g/mol. The summed E-state index contributed by atoms with van der Waals surface area (Å²) in [5.41, 5.74) is 6.09. The molecule has 4 nitrogen and oxygen atoms in total. The number of halogens is 1. The maximum absolute atomic E-state index is 5.12. The third kappa shape index (κ3) is 3.22. The summed E-state index contributed by atoms with van der Waals surface area (Å²) in [7, 11) is 0. The summed E-state index contributed by atoms with van der Waals surface area (Å²) in [4.78, 5) is 12.3. The highest BCUT2D eigenvalue weighted by Gasteiger charge is 2.44. The second kappa shape index (κ2) is 7.33. The molecule has 0 aliphatic carbocycles. The maximum Gasteiger partial charge on any atom is 0.160 e. The van der Waals surface area contributed by atoms with E-state index >= 15 is 0 Å². The Kier molecular flexibility index (Phi) is 4.79. The molecule has 1 fully saturated rings. The van der Waals surface area contributed by atoms with E-state index in [0.29, 0.717) is 5.25 Å². The molecule has 0 saturated carbocycles. The number of nitrogens with zero attached hydrogens (tertiary/aromatic N) is 4. The number of thioether (sulfide) groups is 1. The van der Waals surface area contributed by atoms with Crippen LogP contribution in [-0.4, -0.2) is 31.4 Å². The third-order valence-corrected chi connectivity index (χ3v) is 7.39. The van der Waals surface area contributed by atoms with Crippen LogP contribution in [0.15, 0.2) is 64.2 Å².